The molecule has 0 spiro atoms. The summed E-state index contributed by atoms with van der Waals surface area (Å²) >= 11 is 0. The first kappa shape index (κ1) is 16.1. The SMILES string of the molecule is Cc1cc(C#C[Si](C)(C)C)cnc1NCCN1CCCC1. The van der Waals surface area contributed by atoms with Crippen LogP contribution in [0.25, 0.3) is 0 Å². The normalized spacial score (nSPS) is 15.6. The van der Waals surface area contributed by atoms with Crippen LogP contribution < -0.4 is 5.32 Å². The summed E-state index contributed by atoms with van der Waals surface area (Å²) in [4.78, 5) is 7.04. The van der Waals surface area contributed by atoms with Crippen LogP contribution in [0.1, 0.15) is 24.0 Å². The molecule has 0 radical (unpaired) electrons. The molecule has 0 amide bonds. The van der Waals surface area contributed by atoms with Gasteiger partial charge < -0.3 is 10.2 Å². The zero-order valence-corrected chi connectivity index (χ0v) is 14.8. The van der Waals surface area contributed by atoms with Crippen LogP contribution in [-0.2, 0) is 0 Å². The van der Waals surface area contributed by atoms with Crippen LogP contribution in [0.3, 0.4) is 0 Å². The van der Waals surface area contributed by atoms with Gasteiger partial charge in [0.1, 0.15) is 13.9 Å². The summed E-state index contributed by atoms with van der Waals surface area (Å²) in [6.07, 6.45) is 4.59. The molecule has 3 nitrogen and oxygen atoms in total. The molecule has 1 N–H and O–H groups in total. The van der Waals surface area contributed by atoms with Crippen LogP contribution in [0, 0.1) is 18.4 Å². The highest BCUT2D eigenvalue weighted by molar-refractivity contribution is 6.83. The third kappa shape index (κ3) is 5.53. The van der Waals surface area contributed by atoms with Gasteiger partial charge >= 0.3 is 0 Å². The van der Waals surface area contributed by atoms with Crippen LogP contribution in [0.15, 0.2) is 12.3 Å². The molecule has 1 aromatic rings. The Morgan fingerprint density at radius 1 is 1.29 bits per heavy atom. The van der Waals surface area contributed by atoms with Crippen molar-refractivity contribution in [2.45, 2.75) is 39.4 Å². The smallest absolute Gasteiger partial charge is 0.129 e. The number of aryl methyl sites for hydroxylation is 1. The number of hydrogen-bond donors (Lipinski definition) is 1. The molecule has 0 bridgehead atoms. The third-order valence-corrected chi connectivity index (χ3v) is 4.45. The van der Waals surface area contributed by atoms with E-state index in [1.165, 1.54) is 31.5 Å². The molecule has 0 aromatic carbocycles. The van der Waals surface area contributed by atoms with Crippen LogP contribution in [0.4, 0.5) is 5.82 Å². The highest BCUT2D eigenvalue weighted by Crippen LogP contribution is 2.13. The van der Waals surface area contributed by atoms with Gasteiger partial charge in [-0.1, -0.05) is 25.6 Å². The van der Waals surface area contributed by atoms with E-state index in [9.17, 15) is 0 Å². The fraction of sp³-hybridized carbons (Fsp3) is 0.588. The molecular weight excluding hydrogens is 274 g/mol. The molecule has 1 aliphatic rings. The highest BCUT2D eigenvalue weighted by atomic mass is 28.3. The molecule has 2 heterocycles. The average Bonchev–Trinajstić information content (AvgIpc) is 2.91. The molecule has 1 aliphatic heterocycles. The van der Waals surface area contributed by atoms with Crippen molar-refractivity contribution in [1.82, 2.24) is 9.88 Å². The van der Waals surface area contributed by atoms with Crippen molar-refractivity contribution in [1.29, 1.82) is 0 Å². The maximum atomic E-state index is 4.53. The molecule has 1 aromatic heterocycles. The number of nitrogens with zero attached hydrogens (tertiary/aromatic N) is 2. The van der Waals surface area contributed by atoms with Crippen LogP contribution in [-0.4, -0.2) is 44.1 Å². The minimum Gasteiger partial charge on any atom is -0.369 e. The van der Waals surface area contributed by atoms with E-state index in [0.717, 1.165) is 24.5 Å². The summed E-state index contributed by atoms with van der Waals surface area (Å²) in [6.45, 7) is 13.5. The molecule has 0 unspecified atom stereocenters. The fourth-order valence-corrected chi connectivity index (χ4v) is 2.95. The first-order valence-electron chi connectivity index (χ1n) is 7.90. The van der Waals surface area contributed by atoms with E-state index >= 15 is 0 Å². The van der Waals surface area contributed by atoms with Gasteiger partial charge in [-0.15, -0.1) is 5.54 Å². The summed E-state index contributed by atoms with van der Waals surface area (Å²) in [6, 6.07) is 2.14. The van der Waals surface area contributed by atoms with Crippen molar-refractivity contribution >= 4 is 13.9 Å². The van der Waals surface area contributed by atoms with Gasteiger partial charge in [0, 0.05) is 24.8 Å². The lowest BCUT2D eigenvalue weighted by Crippen LogP contribution is -2.26. The Hall–Kier alpha value is -1.31. The lowest BCUT2D eigenvalue weighted by molar-refractivity contribution is 0.352. The number of likely N-dealkylation sites (tertiary alicyclic amines) is 1. The predicted octanol–water partition coefficient (Wildman–Crippen LogP) is 3.13. The number of hydrogen-bond acceptors (Lipinski definition) is 3. The Kier molecular flexibility index (Phi) is 5.43. The van der Waals surface area contributed by atoms with Crippen LogP contribution in [0.5, 0.6) is 0 Å². The van der Waals surface area contributed by atoms with Crippen molar-refractivity contribution in [2.75, 3.05) is 31.5 Å². The Morgan fingerprint density at radius 3 is 2.62 bits per heavy atom. The van der Waals surface area contributed by atoms with Crippen LogP contribution in [0.2, 0.25) is 19.6 Å². The quantitative estimate of drug-likeness (QED) is 0.684. The first-order valence-corrected chi connectivity index (χ1v) is 11.4. The van der Waals surface area contributed by atoms with Crippen molar-refractivity contribution < 1.29 is 0 Å². The van der Waals surface area contributed by atoms with E-state index in [4.69, 9.17) is 0 Å². The van der Waals surface area contributed by atoms with Crippen molar-refractivity contribution in [3.8, 4) is 11.5 Å². The van der Waals surface area contributed by atoms with Gasteiger partial charge in [0.05, 0.1) is 0 Å². The maximum absolute atomic E-state index is 4.53. The second kappa shape index (κ2) is 7.10. The topological polar surface area (TPSA) is 28.2 Å². The minimum absolute atomic E-state index is 0.966. The summed E-state index contributed by atoms with van der Waals surface area (Å²) in [5.41, 5.74) is 5.59. The van der Waals surface area contributed by atoms with Gasteiger partial charge in [-0.2, -0.15) is 0 Å². The molecular formula is C17H27N3Si. The molecule has 1 fully saturated rings. The molecule has 114 valence electrons. The highest BCUT2D eigenvalue weighted by Gasteiger charge is 2.11. The molecule has 4 heteroatoms. The number of anilines is 1. The second-order valence-electron chi connectivity index (χ2n) is 6.87. The van der Waals surface area contributed by atoms with Gasteiger partial charge in [0.25, 0.3) is 0 Å². The molecule has 0 aliphatic carbocycles. The molecule has 1 saturated heterocycles. The molecule has 2 rings (SSSR count). The van der Waals surface area contributed by atoms with Crippen molar-refractivity contribution in [3.63, 3.8) is 0 Å². The standard InChI is InChI=1S/C17H27N3Si/c1-15-13-16(7-12-21(2,3)4)14-19-17(15)18-8-11-20-9-5-6-10-20/h13-14H,5-6,8-11H2,1-4H3,(H,18,19). The molecule has 21 heavy (non-hydrogen) atoms. The lowest BCUT2D eigenvalue weighted by atomic mass is 10.2. The Morgan fingerprint density at radius 2 is 2.00 bits per heavy atom. The van der Waals surface area contributed by atoms with Gasteiger partial charge in [-0.05, 0) is 44.5 Å². The van der Waals surface area contributed by atoms with Crippen LogP contribution >= 0.6 is 0 Å². The van der Waals surface area contributed by atoms with E-state index < -0.39 is 8.07 Å². The second-order valence-corrected chi connectivity index (χ2v) is 11.6. The van der Waals surface area contributed by atoms with E-state index in [-0.39, 0.29) is 0 Å². The first-order chi connectivity index (χ1) is 9.94. The van der Waals surface area contributed by atoms with E-state index in [0.29, 0.717) is 0 Å². The summed E-state index contributed by atoms with van der Waals surface area (Å²) < 4.78 is 0. The Balaban J connectivity index is 1.90. The fourth-order valence-electron chi connectivity index (χ4n) is 2.43. The zero-order chi connectivity index (χ0) is 15.3. The zero-order valence-electron chi connectivity index (χ0n) is 13.8. The number of aromatic nitrogens is 1. The summed E-state index contributed by atoms with van der Waals surface area (Å²) in [5.74, 6) is 4.26. The monoisotopic (exact) mass is 301 g/mol. The van der Waals surface area contributed by atoms with Gasteiger partial charge in [0.15, 0.2) is 0 Å². The van der Waals surface area contributed by atoms with Gasteiger partial charge in [0.2, 0.25) is 0 Å². The lowest BCUT2D eigenvalue weighted by Gasteiger charge is -2.15. The number of pyridine rings is 1. The van der Waals surface area contributed by atoms with E-state index in [2.05, 4.69) is 59.3 Å². The average molecular weight is 302 g/mol. The number of nitrogens with one attached hydrogen (secondary N) is 1. The number of rotatable bonds is 4. The van der Waals surface area contributed by atoms with E-state index in [1.54, 1.807) is 0 Å². The largest absolute Gasteiger partial charge is 0.369 e. The molecule has 0 saturated carbocycles. The van der Waals surface area contributed by atoms with E-state index in [1.807, 2.05) is 6.20 Å². The Labute approximate surface area is 130 Å². The van der Waals surface area contributed by atoms with Gasteiger partial charge in [-0.25, -0.2) is 4.98 Å². The van der Waals surface area contributed by atoms with Crippen molar-refractivity contribution in [2.24, 2.45) is 0 Å². The van der Waals surface area contributed by atoms with Crippen molar-refractivity contribution in [3.05, 3.63) is 23.4 Å². The summed E-state index contributed by atoms with van der Waals surface area (Å²) in [5, 5.41) is 3.45. The predicted molar refractivity (Wildman–Crippen MR) is 93.4 cm³/mol. The third-order valence-electron chi connectivity index (χ3n) is 3.58. The maximum Gasteiger partial charge on any atom is 0.129 e. The summed E-state index contributed by atoms with van der Waals surface area (Å²) in [7, 11) is -1.32. The Bertz CT molecular complexity index is 531. The molecule has 0 atom stereocenters. The van der Waals surface area contributed by atoms with Gasteiger partial charge in [-0.3, -0.25) is 0 Å². The minimum atomic E-state index is -1.32.